The smallest absolute Gasteiger partial charge is 0.358 e. The van der Waals surface area contributed by atoms with Crippen molar-refractivity contribution in [3.05, 3.63) is 27.5 Å². The van der Waals surface area contributed by atoms with Crippen LogP contribution in [0, 0.1) is 0 Å². The predicted octanol–water partition coefficient (Wildman–Crippen LogP) is 1.79. The van der Waals surface area contributed by atoms with Crippen LogP contribution in [0.25, 0.3) is 0 Å². The Balaban J connectivity index is 2.23. The predicted molar refractivity (Wildman–Crippen MR) is 77.9 cm³/mol. The van der Waals surface area contributed by atoms with Gasteiger partial charge in [0.05, 0.1) is 29.5 Å². The maximum Gasteiger partial charge on any atom is 0.358 e. The van der Waals surface area contributed by atoms with Gasteiger partial charge in [0.1, 0.15) is 0 Å². The Morgan fingerprint density at radius 2 is 2.29 bits per heavy atom. The molecule has 0 spiro atoms. The topological polar surface area (TPSA) is 90.1 Å². The Morgan fingerprint density at radius 3 is 2.86 bits per heavy atom. The van der Waals surface area contributed by atoms with E-state index in [2.05, 4.69) is 29.1 Å². The van der Waals surface area contributed by atoms with Gasteiger partial charge in [-0.2, -0.15) is 0 Å². The molecule has 0 bridgehead atoms. The van der Waals surface area contributed by atoms with Gasteiger partial charge in [-0.05, 0) is 0 Å². The van der Waals surface area contributed by atoms with Crippen molar-refractivity contribution in [1.82, 2.24) is 20.0 Å². The molecule has 0 aromatic carbocycles. The quantitative estimate of drug-likeness (QED) is 0.838. The zero-order chi connectivity index (χ0) is 15.4. The SMILES string of the molecule is COCCc1c(C(=O)O)nnn1Cc1csc(C(C)C)n1. The molecule has 2 heterocycles. The Hall–Kier alpha value is -1.80. The van der Waals surface area contributed by atoms with Crippen LogP contribution >= 0.6 is 11.3 Å². The highest BCUT2D eigenvalue weighted by Gasteiger charge is 2.19. The Kier molecular flexibility index (Phi) is 5.03. The maximum absolute atomic E-state index is 11.2. The van der Waals surface area contributed by atoms with Crippen molar-refractivity contribution < 1.29 is 14.6 Å². The fraction of sp³-hybridized carbons (Fsp3) is 0.538. The molecule has 21 heavy (non-hydrogen) atoms. The standard InChI is InChI=1S/C13H18N4O3S/c1-8(2)12-14-9(7-21-12)6-17-10(4-5-20-3)11(13(18)19)15-16-17/h7-8H,4-6H2,1-3H3,(H,18,19). The van der Waals surface area contributed by atoms with Crippen molar-refractivity contribution >= 4 is 17.3 Å². The molecule has 0 aliphatic heterocycles. The molecule has 0 aliphatic carbocycles. The first kappa shape index (κ1) is 15.6. The second kappa shape index (κ2) is 6.77. The number of hydrogen-bond donors (Lipinski definition) is 1. The number of carboxylic acid groups (broad SMARTS) is 1. The summed E-state index contributed by atoms with van der Waals surface area (Å²) in [6, 6.07) is 0. The number of thiazole rings is 1. The molecule has 2 aromatic heterocycles. The number of aromatic carboxylic acids is 1. The first-order valence-electron chi connectivity index (χ1n) is 6.61. The van der Waals surface area contributed by atoms with Gasteiger partial charge in [-0.15, -0.1) is 16.4 Å². The van der Waals surface area contributed by atoms with E-state index in [1.165, 1.54) is 0 Å². The number of rotatable bonds is 7. The number of carboxylic acids is 1. The van der Waals surface area contributed by atoms with E-state index < -0.39 is 5.97 Å². The van der Waals surface area contributed by atoms with E-state index in [-0.39, 0.29) is 5.69 Å². The van der Waals surface area contributed by atoms with Crippen LogP contribution in [-0.2, 0) is 17.7 Å². The summed E-state index contributed by atoms with van der Waals surface area (Å²) in [5.74, 6) is -0.699. The monoisotopic (exact) mass is 310 g/mol. The zero-order valence-corrected chi connectivity index (χ0v) is 13.1. The van der Waals surface area contributed by atoms with Crippen LogP contribution in [-0.4, -0.2) is 44.8 Å². The molecule has 7 nitrogen and oxygen atoms in total. The summed E-state index contributed by atoms with van der Waals surface area (Å²) >= 11 is 1.60. The molecular formula is C13H18N4O3S. The fourth-order valence-electron chi connectivity index (χ4n) is 1.89. The van der Waals surface area contributed by atoms with Crippen molar-refractivity contribution in [3.63, 3.8) is 0 Å². The van der Waals surface area contributed by atoms with E-state index in [0.29, 0.717) is 31.2 Å². The number of carbonyl (C=O) groups is 1. The van der Waals surface area contributed by atoms with Crippen LogP contribution in [0.2, 0.25) is 0 Å². The molecule has 0 aliphatic rings. The summed E-state index contributed by atoms with van der Waals surface area (Å²) < 4.78 is 6.60. The van der Waals surface area contributed by atoms with Gasteiger partial charge in [0.25, 0.3) is 0 Å². The van der Waals surface area contributed by atoms with Gasteiger partial charge < -0.3 is 9.84 Å². The zero-order valence-electron chi connectivity index (χ0n) is 12.2. The number of methoxy groups -OCH3 is 1. The summed E-state index contributed by atoms with van der Waals surface area (Å²) in [7, 11) is 1.57. The molecule has 0 atom stereocenters. The molecule has 0 radical (unpaired) electrons. The van der Waals surface area contributed by atoms with Crippen LogP contribution in [0.3, 0.4) is 0 Å². The molecule has 0 amide bonds. The van der Waals surface area contributed by atoms with Crippen LogP contribution < -0.4 is 0 Å². The lowest BCUT2D eigenvalue weighted by Crippen LogP contribution is -2.12. The number of nitrogens with zero attached hydrogens (tertiary/aromatic N) is 4. The van der Waals surface area contributed by atoms with Crippen molar-refractivity contribution in [2.45, 2.75) is 32.7 Å². The fourth-order valence-corrected chi connectivity index (χ4v) is 2.71. The van der Waals surface area contributed by atoms with E-state index in [9.17, 15) is 4.79 Å². The largest absolute Gasteiger partial charge is 0.476 e. The third kappa shape index (κ3) is 3.64. The second-order valence-corrected chi connectivity index (χ2v) is 5.81. The molecule has 2 rings (SSSR count). The van der Waals surface area contributed by atoms with Crippen molar-refractivity contribution in [2.75, 3.05) is 13.7 Å². The normalized spacial score (nSPS) is 11.2. The van der Waals surface area contributed by atoms with Crippen LogP contribution in [0.15, 0.2) is 5.38 Å². The molecule has 8 heteroatoms. The highest BCUT2D eigenvalue weighted by Crippen LogP contribution is 2.20. The minimum absolute atomic E-state index is 0.0219. The van der Waals surface area contributed by atoms with Gasteiger partial charge in [-0.3, -0.25) is 0 Å². The van der Waals surface area contributed by atoms with E-state index in [1.54, 1.807) is 23.1 Å². The van der Waals surface area contributed by atoms with Gasteiger partial charge in [0, 0.05) is 24.8 Å². The number of hydrogen-bond acceptors (Lipinski definition) is 6. The Bertz CT molecular complexity index is 621. The van der Waals surface area contributed by atoms with Gasteiger partial charge >= 0.3 is 5.97 Å². The van der Waals surface area contributed by atoms with E-state index in [4.69, 9.17) is 9.84 Å². The lowest BCUT2D eigenvalue weighted by molar-refractivity contribution is 0.0688. The van der Waals surface area contributed by atoms with Crippen molar-refractivity contribution in [1.29, 1.82) is 0 Å². The van der Waals surface area contributed by atoms with E-state index >= 15 is 0 Å². The first-order chi connectivity index (χ1) is 10.0. The third-order valence-corrected chi connectivity index (χ3v) is 4.15. The highest BCUT2D eigenvalue weighted by atomic mass is 32.1. The molecule has 2 aromatic rings. The lowest BCUT2D eigenvalue weighted by atomic mass is 10.2. The van der Waals surface area contributed by atoms with Crippen LogP contribution in [0.5, 0.6) is 0 Å². The van der Waals surface area contributed by atoms with Gasteiger partial charge in [0.2, 0.25) is 0 Å². The first-order valence-corrected chi connectivity index (χ1v) is 7.49. The molecule has 0 saturated heterocycles. The molecular weight excluding hydrogens is 292 g/mol. The molecule has 0 fully saturated rings. The van der Waals surface area contributed by atoms with Gasteiger partial charge in [-0.1, -0.05) is 19.1 Å². The van der Waals surface area contributed by atoms with Crippen molar-refractivity contribution in [3.8, 4) is 0 Å². The molecule has 114 valence electrons. The van der Waals surface area contributed by atoms with Gasteiger partial charge in [-0.25, -0.2) is 14.5 Å². The minimum atomic E-state index is -1.08. The summed E-state index contributed by atoms with van der Waals surface area (Å²) in [6.45, 7) is 5.01. The van der Waals surface area contributed by atoms with Crippen LogP contribution in [0.4, 0.5) is 0 Å². The molecule has 0 saturated carbocycles. The Morgan fingerprint density at radius 1 is 1.52 bits per heavy atom. The lowest BCUT2D eigenvalue weighted by Gasteiger charge is -2.05. The number of ether oxygens (including phenoxy) is 1. The summed E-state index contributed by atoms with van der Waals surface area (Å²) in [6.07, 6.45) is 0.451. The minimum Gasteiger partial charge on any atom is -0.476 e. The average Bonchev–Trinajstić information content (AvgIpc) is 3.04. The average molecular weight is 310 g/mol. The van der Waals surface area contributed by atoms with E-state index in [1.807, 2.05) is 5.38 Å². The Labute approximate surface area is 126 Å². The van der Waals surface area contributed by atoms with Crippen LogP contribution in [0.1, 0.15) is 46.6 Å². The van der Waals surface area contributed by atoms with Gasteiger partial charge in [0.15, 0.2) is 5.69 Å². The molecule has 1 N–H and O–H groups in total. The maximum atomic E-state index is 11.2. The summed E-state index contributed by atoms with van der Waals surface area (Å²) in [5, 5.41) is 19.9. The number of aromatic nitrogens is 4. The van der Waals surface area contributed by atoms with Crippen molar-refractivity contribution in [2.24, 2.45) is 0 Å². The van der Waals surface area contributed by atoms with E-state index in [0.717, 1.165) is 10.7 Å². The highest BCUT2D eigenvalue weighted by molar-refractivity contribution is 7.09. The third-order valence-electron chi connectivity index (χ3n) is 2.96. The molecule has 0 unspecified atom stereocenters. The summed E-state index contributed by atoms with van der Waals surface area (Å²) in [4.78, 5) is 15.7. The second-order valence-electron chi connectivity index (χ2n) is 4.92. The summed E-state index contributed by atoms with van der Waals surface area (Å²) in [5.41, 5.74) is 1.40.